The van der Waals surface area contributed by atoms with E-state index in [0.717, 1.165) is 41.7 Å². The molecule has 0 unspecified atom stereocenters. The largest absolute Gasteiger partial charge is 0.340 e. The minimum absolute atomic E-state index is 0.270. The van der Waals surface area contributed by atoms with Crippen LogP contribution < -0.4 is 10.6 Å². The van der Waals surface area contributed by atoms with Gasteiger partial charge in [-0.1, -0.05) is 23.2 Å². The zero-order chi connectivity index (χ0) is 17.4. The zero-order valence-electron chi connectivity index (χ0n) is 13.2. The lowest BCUT2D eigenvalue weighted by Crippen LogP contribution is -2.28. The number of anilines is 2. The highest BCUT2D eigenvalue weighted by molar-refractivity contribution is 6.42. The van der Waals surface area contributed by atoms with Crippen molar-refractivity contribution in [3.8, 4) is 11.3 Å². The van der Waals surface area contributed by atoms with Crippen LogP contribution in [0, 0.1) is 5.82 Å². The molecule has 7 heteroatoms. The van der Waals surface area contributed by atoms with Crippen molar-refractivity contribution in [3.63, 3.8) is 0 Å². The van der Waals surface area contributed by atoms with Gasteiger partial charge in [-0.25, -0.2) is 9.37 Å². The summed E-state index contributed by atoms with van der Waals surface area (Å²) in [5.74, 6) is 1.53. The van der Waals surface area contributed by atoms with Gasteiger partial charge in [-0.15, -0.1) is 0 Å². The lowest BCUT2D eigenvalue weighted by atomic mass is 10.1. The highest BCUT2D eigenvalue weighted by Crippen LogP contribution is 2.34. The summed E-state index contributed by atoms with van der Waals surface area (Å²) in [6.45, 7) is 2.35. The highest BCUT2D eigenvalue weighted by atomic mass is 35.5. The Balaban J connectivity index is 1.80. The number of nitrogens with zero attached hydrogens (tertiary/aromatic N) is 2. The van der Waals surface area contributed by atoms with E-state index in [9.17, 15) is 4.39 Å². The molecular formula is C18H15Cl2FN4. The first-order valence-corrected chi connectivity index (χ1v) is 8.65. The predicted molar refractivity (Wildman–Crippen MR) is 99.1 cm³/mol. The van der Waals surface area contributed by atoms with Gasteiger partial charge < -0.3 is 15.2 Å². The Morgan fingerprint density at radius 1 is 1.08 bits per heavy atom. The third kappa shape index (κ3) is 3.23. The van der Waals surface area contributed by atoms with Crippen LogP contribution in [0.5, 0.6) is 0 Å². The number of fused-ring (bicyclic) bond motifs is 1. The first-order valence-electron chi connectivity index (χ1n) is 7.90. The molecule has 4 nitrogen and oxygen atoms in total. The van der Waals surface area contributed by atoms with Gasteiger partial charge in [0.25, 0.3) is 0 Å². The second-order valence-corrected chi connectivity index (χ2v) is 6.63. The first kappa shape index (κ1) is 16.4. The predicted octanol–water partition coefficient (Wildman–Crippen LogP) is 4.84. The SMILES string of the molecule is Fc1ccc(-c2nc3n(c2Nc2ccc(Cl)c(Cl)c2)CCNC3)cc1. The monoisotopic (exact) mass is 376 g/mol. The van der Waals surface area contributed by atoms with Gasteiger partial charge in [0.1, 0.15) is 23.2 Å². The van der Waals surface area contributed by atoms with Gasteiger partial charge >= 0.3 is 0 Å². The van der Waals surface area contributed by atoms with Crippen molar-refractivity contribution in [2.24, 2.45) is 0 Å². The molecule has 0 saturated heterocycles. The van der Waals surface area contributed by atoms with E-state index in [1.54, 1.807) is 24.3 Å². The number of benzene rings is 2. The van der Waals surface area contributed by atoms with E-state index in [1.807, 2.05) is 6.07 Å². The van der Waals surface area contributed by atoms with Crippen molar-refractivity contribution in [2.45, 2.75) is 13.1 Å². The maximum absolute atomic E-state index is 13.3. The molecule has 0 saturated carbocycles. The summed E-state index contributed by atoms with van der Waals surface area (Å²) < 4.78 is 15.4. The number of hydrogen-bond acceptors (Lipinski definition) is 3. The van der Waals surface area contributed by atoms with Gasteiger partial charge in [0, 0.05) is 24.3 Å². The Labute approximate surface area is 154 Å². The standard InChI is InChI=1S/C18H15Cl2FN4/c19-14-6-5-13(9-15(14)20)23-18-17(11-1-3-12(21)4-2-11)24-16-10-22-7-8-25(16)18/h1-6,9,22-23H,7-8,10H2. The third-order valence-corrected chi connectivity index (χ3v) is 4.88. The third-order valence-electron chi connectivity index (χ3n) is 4.14. The van der Waals surface area contributed by atoms with Crippen LogP contribution in [0.1, 0.15) is 5.82 Å². The van der Waals surface area contributed by atoms with E-state index >= 15 is 0 Å². The van der Waals surface area contributed by atoms with Gasteiger partial charge in [0.2, 0.25) is 0 Å². The normalized spacial score (nSPS) is 13.6. The maximum Gasteiger partial charge on any atom is 0.138 e. The lowest BCUT2D eigenvalue weighted by molar-refractivity contribution is 0.509. The highest BCUT2D eigenvalue weighted by Gasteiger charge is 2.21. The van der Waals surface area contributed by atoms with Crippen molar-refractivity contribution in [3.05, 3.63) is 64.2 Å². The molecule has 0 amide bonds. The minimum atomic E-state index is -0.270. The number of rotatable bonds is 3. The van der Waals surface area contributed by atoms with Gasteiger partial charge in [-0.2, -0.15) is 0 Å². The zero-order valence-corrected chi connectivity index (χ0v) is 14.7. The van der Waals surface area contributed by atoms with E-state index in [-0.39, 0.29) is 5.82 Å². The summed E-state index contributed by atoms with van der Waals surface area (Å²) in [6.07, 6.45) is 0. The molecule has 0 aliphatic carbocycles. The topological polar surface area (TPSA) is 41.9 Å². The molecule has 2 heterocycles. The van der Waals surface area contributed by atoms with Crippen LogP contribution in [0.4, 0.5) is 15.9 Å². The molecule has 2 aromatic carbocycles. The van der Waals surface area contributed by atoms with Gasteiger partial charge in [0.15, 0.2) is 0 Å². The number of hydrogen-bond donors (Lipinski definition) is 2. The van der Waals surface area contributed by atoms with Crippen LogP contribution in [0.3, 0.4) is 0 Å². The summed E-state index contributed by atoms with van der Waals surface area (Å²) in [6, 6.07) is 11.7. The van der Waals surface area contributed by atoms with Gasteiger partial charge in [0.05, 0.1) is 16.6 Å². The molecule has 1 aliphatic heterocycles. The Morgan fingerprint density at radius 2 is 1.88 bits per heavy atom. The van der Waals surface area contributed by atoms with Crippen molar-refractivity contribution in [1.29, 1.82) is 0 Å². The lowest BCUT2D eigenvalue weighted by Gasteiger charge is -2.18. The minimum Gasteiger partial charge on any atom is -0.340 e. The molecular weight excluding hydrogens is 362 g/mol. The molecule has 0 bridgehead atoms. The Morgan fingerprint density at radius 3 is 2.64 bits per heavy atom. The molecule has 0 radical (unpaired) electrons. The molecule has 128 valence electrons. The van der Waals surface area contributed by atoms with Crippen molar-refractivity contribution >= 4 is 34.7 Å². The fourth-order valence-electron chi connectivity index (χ4n) is 2.91. The summed E-state index contributed by atoms with van der Waals surface area (Å²) in [5, 5.41) is 7.70. The maximum atomic E-state index is 13.3. The van der Waals surface area contributed by atoms with Gasteiger partial charge in [-0.05, 0) is 42.5 Å². The molecule has 0 fully saturated rings. The van der Waals surface area contributed by atoms with Crippen molar-refractivity contribution in [1.82, 2.24) is 14.9 Å². The Bertz CT molecular complexity index is 922. The van der Waals surface area contributed by atoms with Crippen LogP contribution in [0.25, 0.3) is 11.3 Å². The van der Waals surface area contributed by atoms with Crippen LogP contribution >= 0.6 is 23.2 Å². The molecule has 2 N–H and O–H groups in total. The number of nitrogens with one attached hydrogen (secondary N) is 2. The second kappa shape index (κ2) is 6.67. The van der Waals surface area contributed by atoms with Crippen LogP contribution in [-0.2, 0) is 13.1 Å². The van der Waals surface area contributed by atoms with Crippen molar-refractivity contribution in [2.75, 3.05) is 11.9 Å². The molecule has 0 spiro atoms. The summed E-state index contributed by atoms with van der Waals surface area (Å²) >= 11 is 12.1. The average molecular weight is 377 g/mol. The Kier molecular flexibility index (Phi) is 4.37. The summed E-state index contributed by atoms with van der Waals surface area (Å²) in [4.78, 5) is 4.74. The Hall–Kier alpha value is -2.08. The molecule has 1 aliphatic rings. The van der Waals surface area contributed by atoms with Gasteiger partial charge in [-0.3, -0.25) is 0 Å². The molecule has 4 rings (SSSR count). The van der Waals surface area contributed by atoms with E-state index in [4.69, 9.17) is 28.2 Å². The number of imidazole rings is 1. The van der Waals surface area contributed by atoms with Crippen LogP contribution in [-0.4, -0.2) is 16.1 Å². The molecule has 1 aromatic heterocycles. The van der Waals surface area contributed by atoms with E-state index in [1.165, 1.54) is 12.1 Å². The smallest absolute Gasteiger partial charge is 0.138 e. The quantitative estimate of drug-likeness (QED) is 0.686. The first-order chi connectivity index (χ1) is 12.1. The summed E-state index contributed by atoms with van der Waals surface area (Å²) in [5.41, 5.74) is 2.45. The summed E-state index contributed by atoms with van der Waals surface area (Å²) in [7, 11) is 0. The van der Waals surface area contributed by atoms with Crippen LogP contribution in [0.2, 0.25) is 10.0 Å². The van der Waals surface area contributed by atoms with Crippen molar-refractivity contribution < 1.29 is 4.39 Å². The van der Waals surface area contributed by atoms with E-state index in [2.05, 4.69) is 15.2 Å². The average Bonchev–Trinajstić information content (AvgIpc) is 2.97. The molecule has 3 aromatic rings. The molecule has 25 heavy (non-hydrogen) atoms. The fraction of sp³-hybridized carbons (Fsp3) is 0.167. The second-order valence-electron chi connectivity index (χ2n) is 5.81. The fourth-order valence-corrected chi connectivity index (χ4v) is 3.21. The van der Waals surface area contributed by atoms with Crippen LogP contribution in [0.15, 0.2) is 42.5 Å². The number of aromatic nitrogens is 2. The van der Waals surface area contributed by atoms with E-state index < -0.39 is 0 Å². The van der Waals surface area contributed by atoms with E-state index in [0.29, 0.717) is 16.6 Å². The number of halogens is 3. The molecule has 0 atom stereocenters.